The van der Waals surface area contributed by atoms with Crippen molar-refractivity contribution in [1.82, 2.24) is 59.3 Å². The largest absolute Gasteiger partial charge is 0.465 e. The number of piperidine rings is 6. The number of esters is 3. The molecule has 0 bridgehead atoms. The Morgan fingerprint density at radius 1 is 0.380 bits per heavy atom. The maximum absolute atomic E-state index is 14.4. The summed E-state index contributed by atoms with van der Waals surface area (Å²) in [5.74, 6) is -0.538. The van der Waals surface area contributed by atoms with Crippen LogP contribution in [0.3, 0.4) is 0 Å². The number of hydrogen-bond acceptors (Lipinski definition) is 30. The van der Waals surface area contributed by atoms with Gasteiger partial charge in [0, 0.05) is 173 Å². The summed E-state index contributed by atoms with van der Waals surface area (Å²) in [6, 6.07) is 1.03. The van der Waals surface area contributed by atoms with Crippen molar-refractivity contribution >= 4 is 59.4 Å². The van der Waals surface area contributed by atoms with Gasteiger partial charge in [-0.1, -0.05) is 95.9 Å². The van der Waals surface area contributed by atoms with E-state index in [-0.39, 0.29) is 130 Å². The van der Waals surface area contributed by atoms with E-state index in [9.17, 15) is 19.2 Å². The van der Waals surface area contributed by atoms with Crippen LogP contribution in [0.4, 0.5) is 35.7 Å². The molecule has 2 unspecified atom stereocenters. The summed E-state index contributed by atoms with van der Waals surface area (Å²) in [5.41, 5.74) is -2.78. The molecule has 2 aromatic rings. The first-order valence-corrected chi connectivity index (χ1v) is 54.0. The van der Waals surface area contributed by atoms with Crippen LogP contribution >= 0.6 is 0 Å². The van der Waals surface area contributed by atoms with Gasteiger partial charge in [-0.15, -0.1) is 0 Å². The van der Waals surface area contributed by atoms with Crippen molar-refractivity contribution < 1.29 is 57.1 Å². The van der Waals surface area contributed by atoms with Gasteiger partial charge in [0.15, 0.2) is 12.6 Å². The molecule has 0 saturated carbocycles. The third-order valence-corrected chi connectivity index (χ3v) is 34.9. The van der Waals surface area contributed by atoms with Gasteiger partial charge in [0.1, 0.15) is 24.6 Å². The summed E-state index contributed by atoms with van der Waals surface area (Å²) >= 11 is 0. The Hall–Kier alpha value is -5.54. The minimum Gasteiger partial charge on any atom is -0.465 e. The van der Waals surface area contributed by atoms with Crippen molar-refractivity contribution in [2.75, 3.05) is 158 Å². The van der Waals surface area contributed by atoms with E-state index in [1.165, 1.54) is 6.92 Å². The van der Waals surface area contributed by atoms with Crippen LogP contribution in [-0.2, 0) is 57.1 Å². The molecule has 820 valence electrons. The van der Waals surface area contributed by atoms with E-state index in [0.29, 0.717) is 83.8 Å². The molecule has 1 N–H and O–H groups in total. The lowest BCUT2D eigenvalue weighted by atomic mass is 9.77. The quantitative estimate of drug-likeness (QED) is 0.0369. The summed E-state index contributed by atoms with van der Waals surface area (Å²) < 4.78 is 48.3. The van der Waals surface area contributed by atoms with Gasteiger partial charge < -0.3 is 72.5 Å². The average molecular weight is 2000 g/mol. The highest BCUT2D eigenvalue weighted by atomic mass is 16.7. The van der Waals surface area contributed by atoms with Crippen LogP contribution < -0.4 is 29.8 Å². The first-order valence-electron chi connectivity index (χ1n) is 54.0. The second-order valence-corrected chi connectivity index (χ2v) is 53.0. The van der Waals surface area contributed by atoms with Crippen molar-refractivity contribution in [2.24, 2.45) is 28.1 Å². The Balaban J connectivity index is 0.000000399. The Kier molecular flexibility index (Phi) is 41.5. The molecule has 10 heterocycles. The Morgan fingerprint density at radius 2 is 0.627 bits per heavy atom. The standard InChI is InChI=1S/C65H124N16.C45H78N2O12.2CH4/c1-26-31-35-78(48-39-58(6,7)73(22)59(8,9)40-48)54-67-52(68-55(71-54)79(36-32-27-2)49-41-60(10,11)74(23)61(12,13)42-49)66-47-77(30-5)53-69-56(80(37-33-28-3)50-43-62(14,15)75(24)63(16,17)44-50)72-57(70-53)81(38-34-29-4)51-45-64(18,19)76(25)65(20,21)46-51;1-29(48)17-32(35(50)58-30-19-41(6,7)46(14)42(8,9)20-30)33(36(51)59-31-21-43(10,11)47(15)44(12,13)22-31)18-34(49)53-24-40(4,5)38-56-27-45(28-57-38)25-54-37(55-26-45)39(2,3)23-52-16;;/h48-51H,26-47H2,1-25H3,(H,66,67,68,71);30-33,37-38H,17-28H2,1-16H3;2*1H4. The highest BCUT2D eigenvalue weighted by Gasteiger charge is 2.56. The molecule has 8 fully saturated rings. The normalized spacial score (nSPS) is 25.4. The van der Waals surface area contributed by atoms with Crippen LogP contribution in [0.2, 0.25) is 0 Å². The number of unbranched alkanes of at least 4 members (excludes halogenated alkanes) is 4. The number of ketones is 1. The zero-order valence-electron chi connectivity index (χ0n) is 96.3. The molecular weight excluding hydrogens is 1790 g/mol. The minimum absolute atomic E-state index is 0. The lowest BCUT2D eigenvalue weighted by molar-refractivity contribution is -0.337. The summed E-state index contributed by atoms with van der Waals surface area (Å²) in [4.78, 5) is 117. The van der Waals surface area contributed by atoms with Crippen molar-refractivity contribution in [3.05, 3.63) is 0 Å². The van der Waals surface area contributed by atoms with Gasteiger partial charge in [-0.25, -0.2) is 0 Å². The van der Waals surface area contributed by atoms with E-state index in [1.54, 1.807) is 7.11 Å². The van der Waals surface area contributed by atoms with E-state index >= 15 is 0 Å². The van der Waals surface area contributed by atoms with Crippen molar-refractivity contribution in [1.29, 1.82) is 0 Å². The maximum atomic E-state index is 14.4. The minimum atomic E-state index is -1.31. The topological polar surface area (TPSA) is 267 Å². The fourth-order valence-corrected chi connectivity index (χ4v) is 24.8. The van der Waals surface area contributed by atoms with Gasteiger partial charge >= 0.3 is 17.9 Å². The van der Waals surface area contributed by atoms with Gasteiger partial charge in [-0.3, -0.25) is 43.8 Å². The number of anilines is 6. The van der Waals surface area contributed by atoms with Gasteiger partial charge in [0.2, 0.25) is 35.7 Å². The highest BCUT2D eigenvalue weighted by Crippen LogP contribution is 2.49. The van der Waals surface area contributed by atoms with E-state index in [0.717, 1.165) is 153 Å². The second kappa shape index (κ2) is 47.8. The van der Waals surface area contributed by atoms with Crippen LogP contribution in [0, 0.1) is 28.1 Å². The van der Waals surface area contributed by atoms with E-state index in [2.05, 4.69) is 302 Å². The van der Waals surface area contributed by atoms with E-state index in [4.69, 9.17) is 67.8 Å². The molecule has 30 nitrogen and oxygen atoms in total. The van der Waals surface area contributed by atoms with Crippen LogP contribution in [0.15, 0.2) is 0 Å². The molecule has 30 heteroatoms. The lowest BCUT2D eigenvalue weighted by Crippen LogP contribution is -2.63. The smallest absolute Gasteiger partial charge is 0.310 e. The van der Waals surface area contributed by atoms with Gasteiger partial charge in [0.05, 0.1) is 63.4 Å². The second-order valence-electron chi connectivity index (χ2n) is 53.0. The molecular formula is C112H210N18O12. The number of aromatic nitrogens is 6. The monoisotopic (exact) mass is 2000 g/mol. The predicted octanol–water partition coefficient (Wildman–Crippen LogP) is 20.2. The average Bonchev–Trinajstić information content (AvgIpc) is 0.752. The molecule has 142 heavy (non-hydrogen) atoms. The first kappa shape index (κ1) is 123. The Bertz CT molecular complexity index is 4110. The molecule has 0 radical (unpaired) electrons. The summed E-state index contributed by atoms with van der Waals surface area (Å²) in [7, 11) is 15.0. The van der Waals surface area contributed by atoms with E-state index in [1.807, 2.05) is 27.7 Å². The van der Waals surface area contributed by atoms with Gasteiger partial charge in [-0.2, -0.15) is 29.9 Å². The van der Waals surface area contributed by atoms with E-state index < -0.39 is 71.8 Å². The molecule has 0 amide bonds. The van der Waals surface area contributed by atoms with Crippen LogP contribution in [-0.4, -0.2) is 327 Å². The number of Topliss-reactive ketones (excluding diaryl/α,β-unsaturated/α-hetero) is 1. The molecule has 10 rings (SSSR count). The zero-order chi connectivity index (χ0) is 105. The molecule has 2 atom stereocenters. The molecule has 8 aliphatic rings. The number of nitrogens with one attached hydrogen (secondary N) is 1. The van der Waals surface area contributed by atoms with Gasteiger partial charge in [-0.05, 0) is 299 Å². The number of methoxy groups -OCH3 is 1. The first-order chi connectivity index (χ1) is 64.5. The Morgan fingerprint density at radius 3 is 0.880 bits per heavy atom. The van der Waals surface area contributed by atoms with Crippen LogP contribution in [0.1, 0.15) is 392 Å². The third-order valence-electron chi connectivity index (χ3n) is 34.9. The number of carbonyl (C=O) groups excluding carboxylic acids is 4. The fourth-order valence-electron chi connectivity index (χ4n) is 24.8. The summed E-state index contributed by atoms with van der Waals surface area (Å²) in [6.45, 7) is 82.5. The van der Waals surface area contributed by atoms with Crippen molar-refractivity contribution in [2.45, 2.75) is 507 Å². The number of hydrogen-bond donors (Lipinski definition) is 1. The summed E-state index contributed by atoms with van der Waals surface area (Å²) in [6.07, 6.45) is 16.2. The number of likely N-dealkylation sites (tertiary alicyclic amines) is 6. The predicted molar refractivity (Wildman–Crippen MR) is 581 cm³/mol. The molecule has 0 aliphatic carbocycles. The molecule has 8 aliphatic heterocycles. The molecule has 8 saturated heterocycles. The lowest BCUT2D eigenvalue weighted by Gasteiger charge is -2.56. The highest BCUT2D eigenvalue weighted by molar-refractivity contribution is 5.90. The van der Waals surface area contributed by atoms with Gasteiger partial charge in [0.25, 0.3) is 0 Å². The molecule has 1 spiro atoms. The van der Waals surface area contributed by atoms with Crippen LogP contribution in [0.5, 0.6) is 0 Å². The zero-order valence-corrected chi connectivity index (χ0v) is 96.3. The summed E-state index contributed by atoms with van der Waals surface area (Å²) in [5, 5.41) is 3.88. The Labute approximate surface area is 864 Å². The molecule has 2 aromatic heterocycles. The number of rotatable bonds is 40. The maximum Gasteiger partial charge on any atom is 0.310 e. The number of carbonyl (C=O) groups is 4. The number of ether oxygens (including phenoxy) is 8. The van der Waals surface area contributed by atoms with Crippen molar-refractivity contribution in [3.63, 3.8) is 0 Å². The molecule has 0 aromatic carbocycles. The fraction of sp³-hybridized carbons (Fsp3) is 0.911. The number of nitrogens with zero attached hydrogens (tertiary/aromatic N) is 17. The van der Waals surface area contributed by atoms with Crippen LogP contribution in [0.25, 0.3) is 0 Å². The SMILES string of the molecule is C.C.CCCCN(c1nc(NCN(CC)c2nc(N(CCCC)C3CC(C)(C)N(C)C(C)(C)C3)nc(N(CCCC)C3CC(C)(C)N(C)C(C)(C)C3)n2)nc(N(CCCC)C2CC(C)(C)N(C)C(C)(C)C2)n1)C1CC(C)(C)N(C)C(C)(C)C1.COCC(C)(C)C1OCC2(CO1)COC(C(C)(C)COC(=O)CC(C(=O)OC1CC(C)(C)N(C)C(C)(C)C1)C(CC(C)=O)C(=O)OC1CC(C)(C)N(C)C(C)(C)C1)OC2. The third kappa shape index (κ3) is 29.8. The van der Waals surface area contributed by atoms with Crippen molar-refractivity contribution in [3.8, 4) is 0 Å².